The van der Waals surface area contributed by atoms with E-state index in [9.17, 15) is 4.79 Å². The van der Waals surface area contributed by atoms with Gasteiger partial charge in [0.15, 0.2) is 5.58 Å². The fourth-order valence-corrected chi connectivity index (χ4v) is 2.63. The van der Waals surface area contributed by atoms with Crippen LogP contribution in [0.1, 0.15) is 11.3 Å². The molecule has 0 aliphatic heterocycles. The Morgan fingerprint density at radius 1 is 1.08 bits per heavy atom. The van der Waals surface area contributed by atoms with Gasteiger partial charge in [-0.05, 0) is 24.7 Å². The Balaban J connectivity index is 1.38. The molecule has 2 amide bonds. The highest BCUT2D eigenvalue weighted by atomic mass is 16.5. The number of carbonyl (C=O) groups is 1. The van der Waals surface area contributed by atoms with Gasteiger partial charge in [0.2, 0.25) is 0 Å². The largest absolute Gasteiger partial charge is 0.356 e. The number of amides is 2. The number of benzene rings is 2. The van der Waals surface area contributed by atoms with E-state index in [1.165, 1.54) is 5.56 Å². The summed E-state index contributed by atoms with van der Waals surface area (Å²) in [5.74, 6) is 0. The average Bonchev–Trinajstić information content (AvgIpc) is 3.04. The number of carbonyl (C=O) groups excluding carboxylic acids is 1. The molecule has 0 saturated heterocycles. The number of fused-ring (bicyclic) bond motifs is 1. The first-order valence-corrected chi connectivity index (χ1v) is 8.30. The summed E-state index contributed by atoms with van der Waals surface area (Å²) in [6.07, 6.45) is 0. The maximum absolute atomic E-state index is 11.9. The molecular weight excluding hydrogens is 316 g/mol. The molecule has 0 aliphatic carbocycles. The number of urea groups is 1. The van der Waals surface area contributed by atoms with Gasteiger partial charge in [0.25, 0.3) is 0 Å². The molecule has 0 saturated carbocycles. The van der Waals surface area contributed by atoms with Crippen LogP contribution < -0.4 is 10.6 Å². The number of nitrogens with one attached hydrogen (secondary N) is 2. The predicted octanol–water partition coefficient (Wildman–Crippen LogP) is 2.76. The van der Waals surface area contributed by atoms with Crippen molar-refractivity contribution >= 4 is 17.0 Å². The standard InChI is InChI=1S/C19H22N4O2/c1-23(14-15-7-3-2-4-8-15)12-11-20-19(24)21-13-17-16-9-5-6-10-18(16)25-22-17/h2-10H,11-14H2,1H3,(H2,20,21,24). The second-order valence-electron chi connectivity index (χ2n) is 5.96. The number of nitrogens with zero attached hydrogens (tertiary/aromatic N) is 2. The third-order valence-corrected chi connectivity index (χ3v) is 3.94. The van der Waals surface area contributed by atoms with Gasteiger partial charge >= 0.3 is 6.03 Å². The first-order valence-electron chi connectivity index (χ1n) is 8.30. The van der Waals surface area contributed by atoms with Crippen molar-refractivity contribution in [2.45, 2.75) is 13.1 Å². The van der Waals surface area contributed by atoms with Crippen molar-refractivity contribution in [1.82, 2.24) is 20.7 Å². The van der Waals surface area contributed by atoms with Crippen LogP contribution in [0.15, 0.2) is 59.1 Å². The summed E-state index contributed by atoms with van der Waals surface area (Å²) in [7, 11) is 2.04. The van der Waals surface area contributed by atoms with Gasteiger partial charge in [-0.3, -0.25) is 0 Å². The van der Waals surface area contributed by atoms with E-state index in [-0.39, 0.29) is 6.03 Å². The van der Waals surface area contributed by atoms with Crippen molar-refractivity contribution in [2.75, 3.05) is 20.1 Å². The van der Waals surface area contributed by atoms with Crippen LogP contribution in [0, 0.1) is 0 Å². The Morgan fingerprint density at radius 3 is 2.68 bits per heavy atom. The van der Waals surface area contributed by atoms with Crippen molar-refractivity contribution in [3.63, 3.8) is 0 Å². The fourth-order valence-electron chi connectivity index (χ4n) is 2.63. The molecule has 0 bridgehead atoms. The minimum Gasteiger partial charge on any atom is -0.356 e. The van der Waals surface area contributed by atoms with E-state index in [1.54, 1.807) is 0 Å². The monoisotopic (exact) mass is 338 g/mol. The van der Waals surface area contributed by atoms with Gasteiger partial charge in [0.05, 0.1) is 6.54 Å². The second kappa shape index (κ2) is 8.30. The number of hydrogen-bond donors (Lipinski definition) is 2. The van der Waals surface area contributed by atoms with Gasteiger partial charge in [-0.25, -0.2) is 4.79 Å². The molecule has 2 N–H and O–H groups in total. The van der Waals surface area contributed by atoms with Gasteiger partial charge in [-0.15, -0.1) is 0 Å². The molecule has 1 aromatic heterocycles. The number of rotatable bonds is 7. The van der Waals surface area contributed by atoms with Crippen LogP contribution in [0.4, 0.5) is 4.79 Å². The highest BCUT2D eigenvalue weighted by Crippen LogP contribution is 2.17. The Kier molecular flexibility index (Phi) is 5.64. The molecule has 3 aromatic rings. The lowest BCUT2D eigenvalue weighted by atomic mass is 10.2. The zero-order valence-electron chi connectivity index (χ0n) is 14.2. The van der Waals surface area contributed by atoms with E-state index in [4.69, 9.17) is 4.52 Å². The van der Waals surface area contributed by atoms with Crippen LogP contribution in [-0.2, 0) is 13.1 Å². The highest BCUT2D eigenvalue weighted by molar-refractivity contribution is 5.80. The van der Waals surface area contributed by atoms with Gasteiger partial charge in [-0.1, -0.05) is 47.6 Å². The van der Waals surface area contributed by atoms with Crippen LogP contribution >= 0.6 is 0 Å². The van der Waals surface area contributed by atoms with Crippen LogP contribution in [-0.4, -0.2) is 36.2 Å². The maximum Gasteiger partial charge on any atom is 0.315 e. The lowest BCUT2D eigenvalue weighted by Gasteiger charge is -2.17. The molecule has 0 unspecified atom stereocenters. The number of hydrogen-bond acceptors (Lipinski definition) is 4. The summed E-state index contributed by atoms with van der Waals surface area (Å²) in [5, 5.41) is 10.6. The third-order valence-electron chi connectivity index (χ3n) is 3.94. The number of aromatic nitrogens is 1. The van der Waals surface area contributed by atoms with Gasteiger partial charge in [-0.2, -0.15) is 0 Å². The van der Waals surface area contributed by atoms with Crippen LogP contribution in [0.25, 0.3) is 11.0 Å². The van der Waals surface area contributed by atoms with Crippen molar-refractivity contribution in [3.05, 3.63) is 65.9 Å². The van der Waals surface area contributed by atoms with E-state index in [0.717, 1.165) is 29.8 Å². The quantitative estimate of drug-likeness (QED) is 0.695. The number of likely N-dealkylation sites (N-methyl/N-ethyl adjacent to an activating group) is 1. The summed E-state index contributed by atoms with van der Waals surface area (Å²) < 4.78 is 5.22. The van der Waals surface area contributed by atoms with E-state index in [2.05, 4.69) is 32.8 Å². The number of para-hydroxylation sites is 1. The molecule has 0 aliphatic rings. The normalized spacial score (nSPS) is 11.0. The first-order chi connectivity index (χ1) is 12.2. The minimum absolute atomic E-state index is 0.208. The second-order valence-corrected chi connectivity index (χ2v) is 5.96. The molecule has 2 aromatic carbocycles. The molecular formula is C19H22N4O2. The van der Waals surface area contributed by atoms with Crippen molar-refractivity contribution in [3.8, 4) is 0 Å². The zero-order chi connectivity index (χ0) is 17.5. The van der Waals surface area contributed by atoms with Gasteiger partial charge < -0.3 is 20.1 Å². The van der Waals surface area contributed by atoms with Crippen LogP contribution in [0.3, 0.4) is 0 Å². The lowest BCUT2D eigenvalue weighted by Crippen LogP contribution is -2.39. The van der Waals surface area contributed by atoms with E-state index in [1.807, 2.05) is 49.5 Å². The molecule has 0 radical (unpaired) electrons. The lowest BCUT2D eigenvalue weighted by molar-refractivity contribution is 0.237. The van der Waals surface area contributed by atoms with Gasteiger partial charge in [0.1, 0.15) is 5.69 Å². The Labute approximate surface area is 146 Å². The van der Waals surface area contributed by atoms with Crippen molar-refractivity contribution in [1.29, 1.82) is 0 Å². The van der Waals surface area contributed by atoms with Crippen LogP contribution in [0.5, 0.6) is 0 Å². The fraction of sp³-hybridized carbons (Fsp3) is 0.263. The predicted molar refractivity (Wildman–Crippen MR) is 97.0 cm³/mol. The van der Waals surface area contributed by atoms with Crippen LogP contribution in [0.2, 0.25) is 0 Å². The highest BCUT2D eigenvalue weighted by Gasteiger charge is 2.08. The molecule has 6 nitrogen and oxygen atoms in total. The maximum atomic E-state index is 11.9. The smallest absolute Gasteiger partial charge is 0.315 e. The summed E-state index contributed by atoms with van der Waals surface area (Å²) in [4.78, 5) is 14.1. The van der Waals surface area contributed by atoms with Crippen molar-refractivity contribution < 1.29 is 9.32 Å². The topological polar surface area (TPSA) is 70.4 Å². The summed E-state index contributed by atoms with van der Waals surface area (Å²) in [5.41, 5.74) is 2.71. The summed E-state index contributed by atoms with van der Waals surface area (Å²) in [6.45, 7) is 2.54. The Morgan fingerprint density at radius 2 is 1.84 bits per heavy atom. The van der Waals surface area contributed by atoms with E-state index >= 15 is 0 Å². The molecule has 25 heavy (non-hydrogen) atoms. The first kappa shape index (κ1) is 17.0. The van der Waals surface area contributed by atoms with Gasteiger partial charge in [0, 0.05) is 25.0 Å². The Hall–Kier alpha value is -2.86. The molecule has 6 heteroatoms. The van der Waals surface area contributed by atoms with E-state index in [0.29, 0.717) is 13.1 Å². The SMILES string of the molecule is CN(CCNC(=O)NCc1noc2ccccc12)Cc1ccccc1. The summed E-state index contributed by atoms with van der Waals surface area (Å²) in [6, 6.07) is 17.7. The molecule has 130 valence electrons. The van der Waals surface area contributed by atoms with Crippen molar-refractivity contribution in [2.24, 2.45) is 0 Å². The Bertz CT molecular complexity index is 816. The molecule has 3 rings (SSSR count). The third kappa shape index (κ3) is 4.81. The van der Waals surface area contributed by atoms with E-state index < -0.39 is 0 Å². The average molecular weight is 338 g/mol. The zero-order valence-corrected chi connectivity index (χ0v) is 14.2. The minimum atomic E-state index is -0.208. The summed E-state index contributed by atoms with van der Waals surface area (Å²) >= 11 is 0. The molecule has 0 spiro atoms. The molecule has 0 atom stereocenters. The molecule has 0 fully saturated rings. The molecule has 1 heterocycles.